The fraction of sp³-hybridized carbons (Fsp3) is 0.364. The zero-order valence-electron chi connectivity index (χ0n) is 15.8. The number of carbonyl (C=O) groups excluding carboxylic acids is 1. The van der Waals surface area contributed by atoms with Gasteiger partial charge in [0.1, 0.15) is 5.84 Å². The zero-order chi connectivity index (χ0) is 18.8. The number of rotatable bonds is 5. The van der Waals surface area contributed by atoms with Crippen LogP contribution >= 0.6 is 0 Å². The third-order valence-electron chi connectivity index (χ3n) is 5.07. The molecule has 5 nitrogen and oxygen atoms in total. The summed E-state index contributed by atoms with van der Waals surface area (Å²) >= 11 is 0. The molecule has 0 aromatic heterocycles. The molecule has 0 saturated heterocycles. The molecule has 2 heterocycles. The highest BCUT2D eigenvalue weighted by Crippen LogP contribution is 2.41. The van der Waals surface area contributed by atoms with Crippen LogP contribution in [-0.4, -0.2) is 36.4 Å². The van der Waals surface area contributed by atoms with Gasteiger partial charge in [-0.05, 0) is 43.5 Å². The highest BCUT2D eigenvalue weighted by atomic mass is 16.5. The van der Waals surface area contributed by atoms with Crippen LogP contribution in [-0.2, 0) is 11.2 Å². The summed E-state index contributed by atoms with van der Waals surface area (Å²) in [5.41, 5.74) is 3.35. The molecule has 0 N–H and O–H groups in total. The predicted molar refractivity (Wildman–Crippen MR) is 105 cm³/mol. The molecule has 1 amide bonds. The van der Waals surface area contributed by atoms with E-state index in [-0.39, 0.29) is 11.9 Å². The smallest absolute Gasteiger partial charge is 0.250 e. The number of amidine groups is 1. The number of fused-ring (bicyclic) bond motifs is 3. The van der Waals surface area contributed by atoms with Gasteiger partial charge in [0.05, 0.1) is 25.7 Å². The Morgan fingerprint density at radius 2 is 1.78 bits per heavy atom. The summed E-state index contributed by atoms with van der Waals surface area (Å²) in [4.78, 5) is 19.0. The molecular weight excluding hydrogens is 340 g/mol. The molecule has 0 fully saturated rings. The first-order chi connectivity index (χ1) is 13.2. The van der Waals surface area contributed by atoms with Gasteiger partial charge in [0.25, 0.3) is 0 Å². The Kier molecular flexibility index (Phi) is 4.84. The van der Waals surface area contributed by atoms with Crippen molar-refractivity contribution in [1.29, 1.82) is 0 Å². The number of amides is 1. The van der Waals surface area contributed by atoms with E-state index in [1.165, 1.54) is 5.56 Å². The van der Waals surface area contributed by atoms with Crippen molar-refractivity contribution in [3.63, 3.8) is 0 Å². The minimum Gasteiger partial charge on any atom is -0.490 e. The van der Waals surface area contributed by atoms with E-state index in [1.807, 2.05) is 44.2 Å². The SMILES string of the molecule is CCOc1cc2c(cc1OCC)C1CC(=O)N=C(c3ccccc3)N1CC2. The van der Waals surface area contributed by atoms with Gasteiger partial charge in [-0.2, -0.15) is 4.99 Å². The number of ether oxygens (including phenoxy) is 2. The van der Waals surface area contributed by atoms with Crippen molar-refractivity contribution in [3.8, 4) is 11.5 Å². The lowest BCUT2D eigenvalue weighted by atomic mass is 9.88. The maximum atomic E-state index is 12.4. The Hall–Kier alpha value is -2.82. The van der Waals surface area contributed by atoms with Gasteiger partial charge in [-0.25, -0.2) is 0 Å². The largest absolute Gasteiger partial charge is 0.490 e. The van der Waals surface area contributed by atoms with E-state index in [4.69, 9.17) is 9.47 Å². The number of nitrogens with zero attached hydrogens (tertiary/aromatic N) is 2. The van der Waals surface area contributed by atoms with Crippen LogP contribution in [0.3, 0.4) is 0 Å². The van der Waals surface area contributed by atoms with Crippen molar-refractivity contribution in [2.75, 3.05) is 19.8 Å². The number of aliphatic imine (C=N–C) groups is 1. The van der Waals surface area contributed by atoms with Crippen LogP contribution in [0.1, 0.15) is 43.0 Å². The summed E-state index contributed by atoms with van der Waals surface area (Å²) in [7, 11) is 0. The molecule has 140 valence electrons. The third-order valence-corrected chi connectivity index (χ3v) is 5.07. The normalized spacial score (nSPS) is 18.4. The molecule has 27 heavy (non-hydrogen) atoms. The Labute approximate surface area is 159 Å². The lowest BCUT2D eigenvalue weighted by Gasteiger charge is -2.41. The van der Waals surface area contributed by atoms with Gasteiger partial charge in [0.2, 0.25) is 5.91 Å². The van der Waals surface area contributed by atoms with Crippen molar-refractivity contribution in [3.05, 3.63) is 59.2 Å². The Balaban J connectivity index is 1.76. The topological polar surface area (TPSA) is 51.1 Å². The van der Waals surface area contributed by atoms with E-state index in [0.29, 0.717) is 19.6 Å². The first kappa shape index (κ1) is 17.6. The monoisotopic (exact) mass is 364 g/mol. The molecule has 1 unspecified atom stereocenters. The molecule has 1 atom stereocenters. The van der Waals surface area contributed by atoms with Gasteiger partial charge in [0, 0.05) is 12.1 Å². The average molecular weight is 364 g/mol. The fourth-order valence-electron chi connectivity index (χ4n) is 3.93. The lowest BCUT2D eigenvalue weighted by molar-refractivity contribution is -0.119. The quantitative estimate of drug-likeness (QED) is 0.811. The second kappa shape index (κ2) is 7.43. The van der Waals surface area contributed by atoms with Crippen molar-refractivity contribution < 1.29 is 14.3 Å². The molecule has 4 rings (SSSR count). The van der Waals surface area contributed by atoms with E-state index in [2.05, 4.69) is 22.0 Å². The summed E-state index contributed by atoms with van der Waals surface area (Å²) in [6, 6.07) is 14.1. The van der Waals surface area contributed by atoms with E-state index in [1.54, 1.807) is 0 Å². The van der Waals surface area contributed by atoms with E-state index in [0.717, 1.165) is 41.4 Å². The molecule has 2 aromatic carbocycles. The van der Waals surface area contributed by atoms with Gasteiger partial charge >= 0.3 is 0 Å². The molecule has 5 heteroatoms. The number of hydrogen-bond donors (Lipinski definition) is 0. The first-order valence-corrected chi connectivity index (χ1v) is 9.57. The summed E-state index contributed by atoms with van der Waals surface area (Å²) in [6.07, 6.45) is 1.28. The van der Waals surface area contributed by atoms with Crippen molar-refractivity contribution >= 4 is 11.7 Å². The minimum atomic E-state index is -0.0743. The third kappa shape index (κ3) is 3.29. The van der Waals surface area contributed by atoms with E-state index < -0.39 is 0 Å². The van der Waals surface area contributed by atoms with Crippen LogP contribution in [0.2, 0.25) is 0 Å². The lowest BCUT2D eigenvalue weighted by Crippen LogP contribution is -2.44. The number of benzene rings is 2. The molecule has 0 radical (unpaired) electrons. The van der Waals surface area contributed by atoms with Gasteiger partial charge in [0.15, 0.2) is 11.5 Å². The molecular formula is C22H24N2O3. The van der Waals surface area contributed by atoms with Gasteiger partial charge in [-0.3, -0.25) is 4.79 Å². The molecule has 0 saturated carbocycles. The highest BCUT2D eigenvalue weighted by molar-refractivity contribution is 6.07. The van der Waals surface area contributed by atoms with Crippen LogP contribution < -0.4 is 9.47 Å². The molecule has 2 aliphatic rings. The van der Waals surface area contributed by atoms with Crippen molar-refractivity contribution in [2.45, 2.75) is 32.7 Å². The minimum absolute atomic E-state index is 0.0103. The zero-order valence-corrected chi connectivity index (χ0v) is 15.8. The molecule has 0 bridgehead atoms. The second-order valence-corrected chi connectivity index (χ2v) is 6.72. The molecule has 0 aliphatic carbocycles. The fourth-order valence-corrected chi connectivity index (χ4v) is 3.93. The Morgan fingerprint density at radius 1 is 1.07 bits per heavy atom. The molecule has 0 spiro atoms. The highest BCUT2D eigenvalue weighted by Gasteiger charge is 2.36. The van der Waals surface area contributed by atoms with Crippen molar-refractivity contribution in [1.82, 2.24) is 4.90 Å². The average Bonchev–Trinajstić information content (AvgIpc) is 2.69. The van der Waals surface area contributed by atoms with Gasteiger partial charge < -0.3 is 14.4 Å². The summed E-state index contributed by atoms with van der Waals surface area (Å²) in [5.74, 6) is 2.23. The van der Waals surface area contributed by atoms with Crippen LogP contribution in [0.25, 0.3) is 0 Å². The maximum absolute atomic E-state index is 12.4. The number of carbonyl (C=O) groups is 1. The predicted octanol–water partition coefficient (Wildman–Crippen LogP) is 3.76. The Bertz CT molecular complexity index is 877. The number of hydrogen-bond acceptors (Lipinski definition) is 4. The maximum Gasteiger partial charge on any atom is 0.250 e. The Morgan fingerprint density at radius 3 is 2.48 bits per heavy atom. The van der Waals surface area contributed by atoms with Crippen LogP contribution in [0.15, 0.2) is 47.5 Å². The molecule has 2 aromatic rings. The second-order valence-electron chi connectivity index (χ2n) is 6.72. The standard InChI is InChI=1S/C22H24N2O3/c1-3-26-19-12-16-10-11-24-18(17(16)13-20(19)27-4-2)14-21(25)23-22(24)15-8-6-5-7-9-15/h5-9,12-13,18H,3-4,10-11,14H2,1-2H3. The summed E-state index contributed by atoms with van der Waals surface area (Å²) < 4.78 is 11.6. The van der Waals surface area contributed by atoms with Crippen LogP contribution in [0.4, 0.5) is 0 Å². The van der Waals surface area contributed by atoms with Gasteiger partial charge in [-0.1, -0.05) is 30.3 Å². The van der Waals surface area contributed by atoms with E-state index >= 15 is 0 Å². The summed E-state index contributed by atoms with van der Waals surface area (Å²) in [6.45, 7) is 5.93. The van der Waals surface area contributed by atoms with Gasteiger partial charge in [-0.15, -0.1) is 0 Å². The molecule has 2 aliphatic heterocycles. The first-order valence-electron chi connectivity index (χ1n) is 9.57. The van der Waals surface area contributed by atoms with Crippen molar-refractivity contribution in [2.24, 2.45) is 4.99 Å². The summed E-state index contributed by atoms with van der Waals surface area (Å²) in [5, 5.41) is 0. The van der Waals surface area contributed by atoms with Crippen LogP contribution in [0, 0.1) is 0 Å². The van der Waals surface area contributed by atoms with E-state index in [9.17, 15) is 4.79 Å². The van der Waals surface area contributed by atoms with Crippen LogP contribution in [0.5, 0.6) is 11.5 Å².